The van der Waals surface area contributed by atoms with Crippen molar-refractivity contribution in [2.24, 2.45) is 11.8 Å². The minimum absolute atomic E-state index is 0.00595. The van der Waals surface area contributed by atoms with E-state index in [1.54, 1.807) is 18.5 Å². The van der Waals surface area contributed by atoms with Crippen LogP contribution in [0.25, 0.3) is 22.0 Å². The van der Waals surface area contributed by atoms with Crippen LogP contribution >= 0.6 is 0 Å². The summed E-state index contributed by atoms with van der Waals surface area (Å²) >= 11 is 0. The Hall–Kier alpha value is -2.94. The highest BCUT2D eigenvalue weighted by Gasteiger charge is 2.41. The van der Waals surface area contributed by atoms with Gasteiger partial charge in [-0.1, -0.05) is 13.8 Å². The number of rotatable bonds is 2. The molecule has 1 fully saturated rings. The van der Waals surface area contributed by atoms with Crippen LogP contribution in [0.1, 0.15) is 26.3 Å². The fraction of sp³-hybridized carbons (Fsp3) is 0.409. The zero-order valence-corrected chi connectivity index (χ0v) is 17.4. The van der Waals surface area contributed by atoms with E-state index < -0.39 is 23.1 Å². The molecule has 0 aliphatic carbocycles. The third-order valence-electron chi connectivity index (χ3n) is 6.43. The molecule has 3 aromatic rings. The van der Waals surface area contributed by atoms with Crippen molar-refractivity contribution in [3.8, 4) is 17.0 Å². The lowest BCUT2D eigenvalue weighted by atomic mass is 9.76. The van der Waals surface area contributed by atoms with E-state index in [1.165, 1.54) is 6.07 Å². The van der Waals surface area contributed by atoms with Crippen molar-refractivity contribution in [3.63, 3.8) is 0 Å². The summed E-state index contributed by atoms with van der Waals surface area (Å²) in [7, 11) is 0. The summed E-state index contributed by atoms with van der Waals surface area (Å²) in [6.07, 6.45) is -1.39. The smallest absolute Gasteiger partial charge is 0.416 e. The lowest BCUT2D eigenvalue weighted by Gasteiger charge is -2.46. The van der Waals surface area contributed by atoms with Crippen LogP contribution in [-0.2, 0) is 6.18 Å². The highest BCUT2D eigenvalue weighted by molar-refractivity contribution is 6.00. The zero-order valence-electron chi connectivity index (χ0n) is 17.4. The highest BCUT2D eigenvalue weighted by Crippen LogP contribution is 2.40. The van der Waals surface area contributed by atoms with Gasteiger partial charge in [0.25, 0.3) is 0 Å². The molecule has 2 N–H and O–H groups in total. The van der Waals surface area contributed by atoms with Crippen molar-refractivity contribution in [3.05, 3.63) is 42.2 Å². The monoisotopic (exact) mass is 432 g/mol. The van der Waals surface area contributed by atoms with E-state index in [4.69, 9.17) is 0 Å². The fourth-order valence-corrected chi connectivity index (χ4v) is 4.09. The van der Waals surface area contributed by atoms with Crippen molar-refractivity contribution in [2.45, 2.75) is 32.5 Å². The van der Waals surface area contributed by atoms with E-state index >= 15 is 0 Å². The molecule has 1 aliphatic rings. The molecule has 0 bridgehead atoms. The first-order chi connectivity index (χ1) is 14.5. The Morgan fingerprint density at radius 2 is 1.74 bits per heavy atom. The predicted octanol–water partition coefficient (Wildman–Crippen LogP) is 4.26. The molecular weight excluding hydrogens is 409 g/mol. The lowest BCUT2D eigenvalue weighted by Crippen LogP contribution is -2.55. The zero-order chi connectivity index (χ0) is 22.6. The maximum atomic E-state index is 13.0. The molecule has 1 aliphatic heterocycles. The molecule has 0 radical (unpaired) electrons. The fourth-order valence-electron chi connectivity index (χ4n) is 4.09. The summed E-state index contributed by atoms with van der Waals surface area (Å²) in [6, 6.07) is 4.55. The number of halogens is 3. The number of fused-ring (bicyclic) bond motifs is 1. The summed E-state index contributed by atoms with van der Waals surface area (Å²) in [6.45, 7) is 6.95. The second kappa shape index (κ2) is 7.33. The number of phenolic OH excluding ortho intramolecular Hbond substituents is 1. The molecule has 4 rings (SSSR count). The van der Waals surface area contributed by atoms with Gasteiger partial charge in [0, 0.05) is 53.7 Å². The molecule has 2 aromatic heterocycles. The molecule has 31 heavy (non-hydrogen) atoms. The summed E-state index contributed by atoms with van der Waals surface area (Å²) in [5, 5.41) is 30.9. The van der Waals surface area contributed by atoms with Gasteiger partial charge in [0.2, 0.25) is 0 Å². The summed E-state index contributed by atoms with van der Waals surface area (Å²) in [5.41, 5.74) is -1.34. The molecular formula is C22H23F3N4O2. The quantitative estimate of drug-likeness (QED) is 0.630. The number of anilines is 1. The van der Waals surface area contributed by atoms with E-state index in [-0.39, 0.29) is 23.1 Å². The van der Waals surface area contributed by atoms with E-state index in [0.717, 1.165) is 11.5 Å². The molecule has 0 unspecified atom stereocenters. The van der Waals surface area contributed by atoms with E-state index in [2.05, 4.69) is 20.1 Å². The number of hydrogen-bond donors (Lipinski definition) is 2. The second-order valence-corrected chi connectivity index (χ2v) is 8.46. The highest BCUT2D eigenvalue weighted by atomic mass is 19.4. The van der Waals surface area contributed by atoms with Crippen molar-refractivity contribution in [1.29, 1.82) is 0 Å². The van der Waals surface area contributed by atoms with Gasteiger partial charge in [-0.15, -0.1) is 10.2 Å². The number of piperidine rings is 1. The van der Waals surface area contributed by atoms with Crippen molar-refractivity contribution in [1.82, 2.24) is 15.2 Å². The van der Waals surface area contributed by atoms with Crippen LogP contribution in [0.4, 0.5) is 19.0 Å². The van der Waals surface area contributed by atoms with Gasteiger partial charge in [-0.25, -0.2) is 0 Å². The molecule has 0 spiro atoms. The van der Waals surface area contributed by atoms with Gasteiger partial charge in [-0.2, -0.15) is 13.2 Å². The molecule has 1 saturated heterocycles. The van der Waals surface area contributed by atoms with E-state index in [9.17, 15) is 23.4 Å². The lowest BCUT2D eigenvalue weighted by molar-refractivity contribution is -0.137. The van der Waals surface area contributed by atoms with Crippen LogP contribution in [-0.4, -0.2) is 44.1 Å². The molecule has 1 aromatic carbocycles. The number of aliphatic hydroxyl groups is 1. The topological polar surface area (TPSA) is 82.4 Å². The first-order valence-electron chi connectivity index (χ1n) is 9.98. The van der Waals surface area contributed by atoms with Gasteiger partial charge < -0.3 is 15.1 Å². The van der Waals surface area contributed by atoms with E-state index in [1.807, 2.05) is 20.8 Å². The van der Waals surface area contributed by atoms with Crippen molar-refractivity contribution < 1.29 is 23.4 Å². The predicted molar refractivity (Wildman–Crippen MR) is 111 cm³/mol. The number of aromatic nitrogens is 3. The van der Waals surface area contributed by atoms with Gasteiger partial charge in [-0.3, -0.25) is 4.98 Å². The Balaban J connectivity index is 1.80. The first-order valence-corrected chi connectivity index (χ1v) is 9.98. The van der Waals surface area contributed by atoms with Crippen LogP contribution in [0.3, 0.4) is 0 Å². The number of phenols is 1. The van der Waals surface area contributed by atoms with Gasteiger partial charge >= 0.3 is 6.18 Å². The molecule has 164 valence electrons. The standard InChI is InChI=1S/C22H23F3N4O2/c1-12-10-29(11-13(2)21(12,3)31)20-15-6-7-26-9-17(15)19(27-28-20)16-5-4-14(8-18(16)30)22(23,24)25/h4-9,12-13,30-31H,10-11H2,1-3H3/t12-,13+,21-. The Bertz CT molecular complexity index is 1120. The summed E-state index contributed by atoms with van der Waals surface area (Å²) in [5.74, 6) is 0.0715. The maximum absolute atomic E-state index is 13.0. The largest absolute Gasteiger partial charge is 0.507 e. The van der Waals surface area contributed by atoms with Crippen LogP contribution in [0, 0.1) is 11.8 Å². The number of aromatic hydroxyl groups is 1. The summed E-state index contributed by atoms with van der Waals surface area (Å²) in [4.78, 5) is 6.19. The maximum Gasteiger partial charge on any atom is 0.416 e. The molecule has 0 saturated carbocycles. The Kier molecular flexibility index (Phi) is 5.04. The van der Waals surface area contributed by atoms with Gasteiger partial charge in [0.05, 0.1) is 11.2 Å². The minimum atomic E-state index is -4.56. The minimum Gasteiger partial charge on any atom is -0.507 e. The SMILES string of the molecule is C[C@@H]1CN(c2nnc(-c3ccc(C(F)(F)F)cc3O)c3cnccc23)C[C@H](C)[C@]1(C)O. The molecule has 9 heteroatoms. The third kappa shape index (κ3) is 3.67. The van der Waals surface area contributed by atoms with Gasteiger partial charge in [0.1, 0.15) is 11.4 Å². The van der Waals surface area contributed by atoms with Crippen molar-refractivity contribution in [2.75, 3.05) is 18.0 Å². The van der Waals surface area contributed by atoms with Crippen LogP contribution in [0.5, 0.6) is 5.75 Å². The number of benzene rings is 1. The summed E-state index contributed by atoms with van der Waals surface area (Å²) < 4.78 is 38.9. The Morgan fingerprint density at radius 1 is 1.06 bits per heavy atom. The van der Waals surface area contributed by atoms with Gasteiger partial charge in [0.15, 0.2) is 5.82 Å². The number of nitrogens with zero attached hydrogens (tertiary/aromatic N) is 4. The molecule has 6 nitrogen and oxygen atoms in total. The molecule has 3 heterocycles. The van der Waals surface area contributed by atoms with Gasteiger partial charge in [-0.05, 0) is 31.2 Å². The van der Waals surface area contributed by atoms with Crippen LogP contribution < -0.4 is 4.90 Å². The van der Waals surface area contributed by atoms with Crippen molar-refractivity contribution >= 4 is 16.6 Å². The number of hydrogen-bond acceptors (Lipinski definition) is 6. The Morgan fingerprint density at radius 3 is 2.35 bits per heavy atom. The average molecular weight is 432 g/mol. The average Bonchev–Trinajstić information content (AvgIpc) is 2.71. The Labute approximate surface area is 177 Å². The molecule has 3 atom stereocenters. The van der Waals surface area contributed by atoms with Crippen LogP contribution in [0.15, 0.2) is 36.7 Å². The molecule has 0 amide bonds. The normalized spacial score (nSPS) is 24.5. The first kappa shape index (κ1) is 21.3. The van der Waals surface area contributed by atoms with Crippen LogP contribution in [0.2, 0.25) is 0 Å². The second-order valence-electron chi connectivity index (χ2n) is 8.46. The number of pyridine rings is 1. The number of alkyl halides is 3. The third-order valence-corrected chi connectivity index (χ3v) is 6.43. The van der Waals surface area contributed by atoms with E-state index in [0.29, 0.717) is 30.4 Å².